The summed E-state index contributed by atoms with van der Waals surface area (Å²) >= 11 is 0. The number of pyridine rings is 2. The van der Waals surface area contributed by atoms with Crippen molar-refractivity contribution < 1.29 is 23.4 Å². The second-order valence-corrected chi connectivity index (χ2v) is 9.25. The van der Waals surface area contributed by atoms with E-state index in [1.165, 1.54) is 26.0 Å². The predicted octanol–water partition coefficient (Wildman–Crippen LogP) is 5.37. The number of carbonyl (C=O) groups is 1. The molecule has 0 aliphatic rings. The number of hydrogen-bond donors (Lipinski definition) is 4. The van der Waals surface area contributed by atoms with Crippen LogP contribution in [0.1, 0.15) is 25.8 Å². The summed E-state index contributed by atoms with van der Waals surface area (Å²) in [6, 6.07) is 9.52. The van der Waals surface area contributed by atoms with Crippen LogP contribution >= 0.6 is 0 Å². The summed E-state index contributed by atoms with van der Waals surface area (Å²) in [6.45, 7) is 4.58. The van der Waals surface area contributed by atoms with E-state index < -0.39 is 17.5 Å². The number of urea groups is 1. The van der Waals surface area contributed by atoms with Gasteiger partial charge in [0, 0.05) is 36.0 Å². The number of fused-ring (bicyclic) bond motifs is 1. The van der Waals surface area contributed by atoms with Gasteiger partial charge >= 0.3 is 6.03 Å². The number of anilines is 1. The van der Waals surface area contributed by atoms with Crippen LogP contribution in [0.25, 0.3) is 33.4 Å². The molecule has 0 atom stereocenters. The molecule has 0 spiro atoms. The molecule has 0 aliphatic heterocycles. The molecule has 10 heteroatoms. The number of aromatic amines is 1. The molecule has 1 aromatic carbocycles. The van der Waals surface area contributed by atoms with Gasteiger partial charge < -0.3 is 25.5 Å². The van der Waals surface area contributed by atoms with Crippen molar-refractivity contribution in [1.82, 2.24) is 20.3 Å². The van der Waals surface area contributed by atoms with Gasteiger partial charge in [-0.2, -0.15) is 0 Å². The predicted molar refractivity (Wildman–Crippen MR) is 139 cm³/mol. The summed E-state index contributed by atoms with van der Waals surface area (Å²) in [5.41, 5.74) is 2.63. The Kier molecular flexibility index (Phi) is 7.68. The van der Waals surface area contributed by atoms with Crippen LogP contribution < -0.4 is 15.4 Å². The van der Waals surface area contributed by atoms with Gasteiger partial charge in [-0.3, -0.25) is 0 Å². The number of aryl methyl sites for hydroxylation is 1. The van der Waals surface area contributed by atoms with Crippen LogP contribution in [0.3, 0.4) is 0 Å². The third kappa shape index (κ3) is 6.39. The van der Waals surface area contributed by atoms with E-state index in [1.54, 1.807) is 25.4 Å². The number of rotatable bonds is 9. The average molecular weight is 510 g/mol. The molecular formula is C27H29F2N5O3. The molecule has 4 aromatic rings. The molecule has 0 fully saturated rings. The maximum atomic E-state index is 14.8. The molecule has 4 N–H and O–H groups in total. The molecule has 0 aliphatic carbocycles. The number of aliphatic hydroxyl groups excluding tert-OH is 1. The Bertz CT molecular complexity index is 1420. The first-order valence-corrected chi connectivity index (χ1v) is 11.9. The average Bonchev–Trinajstić information content (AvgIpc) is 3.32. The number of nitrogens with zero attached hydrogens (tertiary/aromatic N) is 2. The highest BCUT2D eigenvalue weighted by Crippen LogP contribution is 2.35. The van der Waals surface area contributed by atoms with E-state index in [1.807, 2.05) is 18.2 Å². The summed E-state index contributed by atoms with van der Waals surface area (Å²) in [6.07, 6.45) is 3.59. The molecule has 0 bridgehead atoms. The van der Waals surface area contributed by atoms with Gasteiger partial charge in [-0.25, -0.2) is 23.5 Å². The van der Waals surface area contributed by atoms with Crippen LogP contribution in [0.2, 0.25) is 0 Å². The van der Waals surface area contributed by atoms with Gasteiger partial charge in [0.2, 0.25) is 5.88 Å². The monoisotopic (exact) mass is 509 g/mol. The van der Waals surface area contributed by atoms with E-state index in [0.717, 1.165) is 10.9 Å². The van der Waals surface area contributed by atoms with Crippen molar-refractivity contribution in [3.63, 3.8) is 0 Å². The number of halogens is 2. The molecule has 0 unspecified atom stereocenters. The van der Waals surface area contributed by atoms with E-state index in [4.69, 9.17) is 4.74 Å². The summed E-state index contributed by atoms with van der Waals surface area (Å²) in [4.78, 5) is 24.3. The maximum Gasteiger partial charge on any atom is 0.319 e. The minimum absolute atomic E-state index is 0.0225. The van der Waals surface area contributed by atoms with E-state index in [9.17, 15) is 18.7 Å². The van der Waals surface area contributed by atoms with Gasteiger partial charge in [-0.15, -0.1) is 0 Å². The molecule has 0 saturated carbocycles. The number of carbonyl (C=O) groups excluding carboxylic acids is 1. The number of aromatic nitrogens is 3. The van der Waals surface area contributed by atoms with Crippen molar-refractivity contribution in [3.8, 4) is 28.3 Å². The van der Waals surface area contributed by atoms with E-state index in [2.05, 4.69) is 25.6 Å². The third-order valence-corrected chi connectivity index (χ3v) is 5.76. The lowest BCUT2D eigenvalue weighted by molar-refractivity contribution is 0.197. The van der Waals surface area contributed by atoms with Crippen molar-refractivity contribution in [3.05, 3.63) is 60.2 Å². The van der Waals surface area contributed by atoms with Crippen LogP contribution in [-0.2, 0) is 0 Å². The van der Waals surface area contributed by atoms with Gasteiger partial charge in [-0.05, 0) is 74.2 Å². The zero-order valence-electron chi connectivity index (χ0n) is 20.9. The van der Waals surface area contributed by atoms with Gasteiger partial charge in [0.15, 0.2) is 0 Å². The number of hydrogen-bond acceptors (Lipinski definition) is 5. The first-order chi connectivity index (χ1) is 17.6. The molecule has 2 amide bonds. The second-order valence-electron chi connectivity index (χ2n) is 9.25. The fourth-order valence-corrected chi connectivity index (χ4v) is 3.93. The standard InChI is InChI=1S/C27H29F2N5O3/c1-16-12-21(28)23(34-26(36)32-9-6-27(2,3)29)15-20(16)17-13-22(33-24(14-17)37-11-10-35)18-4-7-30-25-19(18)5-8-31-25/h4-5,7-8,12-15,35H,6,9-11H2,1-3H3,(H,30,31)(H2,32,34,36). The highest BCUT2D eigenvalue weighted by atomic mass is 19.1. The number of H-pyrrole nitrogens is 1. The number of ether oxygens (including phenoxy) is 1. The molecule has 3 heterocycles. The lowest BCUT2D eigenvalue weighted by atomic mass is 9.98. The van der Waals surface area contributed by atoms with Crippen LogP contribution in [0, 0.1) is 12.7 Å². The van der Waals surface area contributed by atoms with Crippen molar-refractivity contribution >= 4 is 22.8 Å². The Morgan fingerprint density at radius 3 is 2.76 bits per heavy atom. The molecule has 3 aromatic heterocycles. The van der Waals surface area contributed by atoms with Crippen LogP contribution in [-0.4, -0.2) is 51.5 Å². The summed E-state index contributed by atoms with van der Waals surface area (Å²) < 4.78 is 34.1. The SMILES string of the molecule is Cc1cc(F)c(NC(=O)NCCC(C)(C)F)cc1-c1cc(OCCO)nc(-c2ccnc3[nH]ccc23)c1. The Balaban J connectivity index is 1.71. The highest BCUT2D eigenvalue weighted by Gasteiger charge is 2.18. The lowest BCUT2D eigenvalue weighted by Crippen LogP contribution is -2.32. The number of aliphatic hydroxyl groups is 1. The summed E-state index contributed by atoms with van der Waals surface area (Å²) in [5.74, 6) is -0.316. The Morgan fingerprint density at radius 1 is 1.19 bits per heavy atom. The normalized spacial score (nSPS) is 11.5. The number of benzene rings is 1. The highest BCUT2D eigenvalue weighted by molar-refractivity contribution is 5.93. The van der Waals surface area contributed by atoms with Crippen molar-refractivity contribution in [1.29, 1.82) is 0 Å². The molecule has 37 heavy (non-hydrogen) atoms. The zero-order valence-corrected chi connectivity index (χ0v) is 20.9. The molecule has 0 radical (unpaired) electrons. The quantitative estimate of drug-likeness (QED) is 0.242. The minimum atomic E-state index is -1.43. The first kappa shape index (κ1) is 26.0. The fraction of sp³-hybridized carbons (Fsp3) is 0.296. The van der Waals surface area contributed by atoms with Crippen LogP contribution in [0.4, 0.5) is 19.3 Å². The van der Waals surface area contributed by atoms with Crippen molar-refractivity contribution in [2.45, 2.75) is 32.9 Å². The maximum absolute atomic E-state index is 14.8. The minimum Gasteiger partial charge on any atom is -0.475 e. The summed E-state index contributed by atoms with van der Waals surface area (Å²) in [5, 5.41) is 15.2. The number of nitrogens with one attached hydrogen (secondary N) is 3. The van der Waals surface area contributed by atoms with Crippen LogP contribution in [0.5, 0.6) is 5.88 Å². The van der Waals surface area contributed by atoms with Gasteiger partial charge in [0.1, 0.15) is 23.7 Å². The molecule has 194 valence electrons. The van der Waals surface area contributed by atoms with Gasteiger partial charge in [0.05, 0.1) is 18.0 Å². The largest absolute Gasteiger partial charge is 0.475 e. The topological polar surface area (TPSA) is 112 Å². The lowest BCUT2D eigenvalue weighted by Gasteiger charge is -2.16. The fourth-order valence-electron chi connectivity index (χ4n) is 3.93. The van der Waals surface area contributed by atoms with E-state index in [-0.39, 0.29) is 37.7 Å². The number of amides is 2. The van der Waals surface area contributed by atoms with E-state index in [0.29, 0.717) is 28.0 Å². The van der Waals surface area contributed by atoms with Gasteiger partial charge in [0.25, 0.3) is 0 Å². The Labute approximate surface area is 213 Å². The second kappa shape index (κ2) is 10.9. The van der Waals surface area contributed by atoms with E-state index >= 15 is 0 Å². The summed E-state index contributed by atoms with van der Waals surface area (Å²) in [7, 11) is 0. The zero-order chi connectivity index (χ0) is 26.6. The molecule has 8 nitrogen and oxygen atoms in total. The van der Waals surface area contributed by atoms with Crippen molar-refractivity contribution in [2.75, 3.05) is 25.1 Å². The number of alkyl halides is 1. The van der Waals surface area contributed by atoms with Crippen LogP contribution in [0.15, 0.2) is 48.8 Å². The Hall–Kier alpha value is -4.05. The van der Waals surface area contributed by atoms with Crippen molar-refractivity contribution in [2.24, 2.45) is 0 Å². The first-order valence-electron chi connectivity index (χ1n) is 11.9. The molecular weight excluding hydrogens is 480 g/mol. The Morgan fingerprint density at radius 2 is 2.00 bits per heavy atom. The smallest absolute Gasteiger partial charge is 0.319 e. The molecule has 0 saturated heterocycles. The third-order valence-electron chi connectivity index (χ3n) is 5.76. The van der Waals surface area contributed by atoms with Gasteiger partial charge in [-0.1, -0.05) is 0 Å². The molecule has 4 rings (SSSR count).